The summed E-state index contributed by atoms with van der Waals surface area (Å²) in [6.07, 6.45) is 3.07. The van der Waals surface area contributed by atoms with Gasteiger partial charge in [0.05, 0.1) is 0 Å². The Labute approximate surface area is 102 Å². The summed E-state index contributed by atoms with van der Waals surface area (Å²) in [6.45, 7) is 3.76. The molecule has 0 saturated carbocycles. The molecule has 1 heterocycles. The van der Waals surface area contributed by atoms with Crippen molar-refractivity contribution in [2.24, 2.45) is 0 Å². The average Bonchev–Trinajstić information content (AvgIpc) is 2.12. The Kier molecular flexibility index (Phi) is 4.84. The molecule has 0 amide bonds. The van der Waals surface area contributed by atoms with Crippen LogP contribution in [0.2, 0.25) is 5.15 Å². The van der Waals surface area contributed by atoms with E-state index in [0.29, 0.717) is 11.6 Å². The van der Waals surface area contributed by atoms with E-state index in [2.05, 4.69) is 34.2 Å². The minimum atomic E-state index is 0.0974. The molecule has 0 fully saturated rings. The molecule has 0 radical (unpaired) electrons. The van der Waals surface area contributed by atoms with Gasteiger partial charge in [0.25, 0.3) is 0 Å². The number of aliphatic hydroxyl groups excluding tert-OH is 1. The highest BCUT2D eigenvalue weighted by atomic mass is 127. The smallest absolute Gasteiger partial charge is 0.133 e. The van der Waals surface area contributed by atoms with Gasteiger partial charge < -0.3 is 5.11 Å². The standard InChI is InChI=1S/C10H11ClINO/c1-2-3-8-9(12)6-7(4-5-14)13-10(8)11/h2,6,14H,1,3-5H2. The van der Waals surface area contributed by atoms with Crippen molar-refractivity contribution in [2.45, 2.75) is 12.8 Å². The number of pyridine rings is 1. The molecule has 14 heavy (non-hydrogen) atoms. The van der Waals surface area contributed by atoms with Gasteiger partial charge in [-0.25, -0.2) is 4.98 Å². The van der Waals surface area contributed by atoms with Crippen LogP contribution < -0.4 is 0 Å². The van der Waals surface area contributed by atoms with Crippen molar-refractivity contribution in [3.63, 3.8) is 0 Å². The van der Waals surface area contributed by atoms with Crippen molar-refractivity contribution in [3.05, 3.63) is 38.7 Å². The van der Waals surface area contributed by atoms with E-state index in [0.717, 1.165) is 21.2 Å². The molecule has 0 aliphatic rings. The maximum Gasteiger partial charge on any atom is 0.133 e. The Morgan fingerprint density at radius 3 is 2.86 bits per heavy atom. The van der Waals surface area contributed by atoms with Crippen molar-refractivity contribution >= 4 is 34.2 Å². The highest BCUT2D eigenvalue weighted by molar-refractivity contribution is 14.1. The molecule has 1 rings (SSSR count). The molecule has 1 aromatic rings. The molecular formula is C10H11ClINO. The summed E-state index contributed by atoms with van der Waals surface area (Å²) in [5.41, 5.74) is 1.83. The first-order valence-electron chi connectivity index (χ1n) is 4.24. The summed E-state index contributed by atoms with van der Waals surface area (Å²) in [5, 5.41) is 9.29. The monoisotopic (exact) mass is 323 g/mol. The van der Waals surface area contributed by atoms with Crippen LogP contribution in [0.5, 0.6) is 0 Å². The van der Waals surface area contributed by atoms with Gasteiger partial charge in [0.15, 0.2) is 0 Å². The largest absolute Gasteiger partial charge is 0.396 e. The molecular weight excluding hydrogens is 312 g/mol. The summed E-state index contributed by atoms with van der Waals surface area (Å²) in [4.78, 5) is 4.20. The van der Waals surface area contributed by atoms with Crippen LogP contribution in [0.25, 0.3) is 0 Å². The first-order chi connectivity index (χ1) is 6.69. The molecule has 0 spiro atoms. The molecule has 76 valence electrons. The Bertz CT molecular complexity index is 318. The zero-order chi connectivity index (χ0) is 10.6. The number of aliphatic hydroxyl groups is 1. The SMILES string of the molecule is C=CCc1c(I)cc(CCO)nc1Cl. The minimum absolute atomic E-state index is 0.0974. The number of hydrogen-bond acceptors (Lipinski definition) is 2. The lowest BCUT2D eigenvalue weighted by molar-refractivity contribution is 0.298. The maximum absolute atomic E-state index is 8.77. The first-order valence-corrected chi connectivity index (χ1v) is 5.70. The lowest BCUT2D eigenvalue weighted by Gasteiger charge is -2.06. The van der Waals surface area contributed by atoms with E-state index in [1.807, 2.05) is 6.07 Å². The summed E-state index contributed by atoms with van der Waals surface area (Å²) >= 11 is 8.22. The van der Waals surface area contributed by atoms with Gasteiger partial charge in [-0.2, -0.15) is 0 Å². The third kappa shape index (κ3) is 2.93. The molecule has 4 heteroatoms. The second-order valence-electron chi connectivity index (χ2n) is 2.83. The second-order valence-corrected chi connectivity index (χ2v) is 4.35. The van der Waals surface area contributed by atoms with Gasteiger partial charge in [0, 0.05) is 27.9 Å². The highest BCUT2D eigenvalue weighted by Gasteiger charge is 2.07. The normalized spacial score (nSPS) is 10.2. The van der Waals surface area contributed by atoms with Crippen LogP contribution >= 0.6 is 34.2 Å². The molecule has 0 saturated heterocycles. The Morgan fingerprint density at radius 2 is 2.36 bits per heavy atom. The predicted octanol–water partition coefficient (Wildman–Crippen LogP) is 2.60. The summed E-state index contributed by atoms with van der Waals surface area (Å²) < 4.78 is 1.07. The van der Waals surface area contributed by atoms with Gasteiger partial charge in [-0.1, -0.05) is 17.7 Å². The Morgan fingerprint density at radius 1 is 1.64 bits per heavy atom. The van der Waals surface area contributed by atoms with Gasteiger partial charge in [-0.05, 0) is 35.1 Å². The van der Waals surface area contributed by atoms with Crippen LogP contribution in [0.1, 0.15) is 11.3 Å². The van der Waals surface area contributed by atoms with Crippen molar-refractivity contribution < 1.29 is 5.11 Å². The third-order valence-electron chi connectivity index (χ3n) is 1.79. The number of rotatable bonds is 4. The lowest BCUT2D eigenvalue weighted by Crippen LogP contribution is -2.00. The molecule has 2 nitrogen and oxygen atoms in total. The predicted molar refractivity (Wildman–Crippen MR) is 66.7 cm³/mol. The second kappa shape index (κ2) is 5.68. The van der Waals surface area contributed by atoms with E-state index in [1.165, 1.54) is 0 Å². The van der Waals surface area contributed by atoms with Crippen LogP contribution in [-0.2, 0) is 12.8 Å². The van der Waals surface area contributed by atoms with Crippen LogP contribution in [-0.4, -0.2) is 16.7 Å². The van der Waals surface area contributed by atoms with E-state index in [1.54, 1.807) is 6.08 Å². The minimum Gasteiger partial charge on any atom is -0.396 e. The number of aromatic nitrogens is 1. The Hall–Kier alpha value is -0.130. The molecule has 0 unspecified atom stereocenters. The molecule has 1 N–H and O–H groups in total. The first kappa shape index (κ1) is 11.9. The van der Waals surface area contributed by atoms with Crippen LogP contribution in [0.15, 0.2) is 18.7 Å². The quantitative estimate of drug-likeness (QED) is 0.525. The third-order valence-corrected chi connectivity index (χ3v) is 3.06. The van der Waals surface area contributed by atoms with Crippen molar-refractivity contribution in [1.29, 1.82) is 0 Å². The van der Waals surface area contributed by atoms with Crippen molar-refractivity contribution in [3.8, 4) is 0 Å². The van der Waals surface area contributed by atoms with Crippen molar-refractivity contribution in [2.75, 3.05) is 6.61 Å². The van der Waals surface area contributed by atoms with E-state index in [-0.39, 0.29) is 6.61 Å². The maximum atomic E-state index is 8.77. The summed E-state index contributed by atoms with van der Waals surface area (Å²) in [5.74, 6) is 0. The van der Waals surface area contributed by atoms with E-state index >= 15 is 0 Å². The topological polar surface area (TPSA) is 33.1 Å². The average molecular weight is 324 g/mol. The molecule has 0 atom stereocenters. The van der Waals surface area contributed by atoms with Crippen LogP contribution in [0.4, 0.5) is 0 Å². The van der Waals surface area contributed by atoms with Gasteiger partial charge in [-0.3, -0.25) is 0 Å². The Balaban J connectivity index is 3.04. The summed E-state index contributed by atoms with van der Waals surface area (Å²) in [6, 6.07) is 1.95. The number of nitrogens with zero attached hydrogens (tertiary/aromatic N) is 1. The number of hydrogen-bond donors (Lipinski definition) is 1. The number of allylic oxidation sites excluding steroid dienone is 1. The number of halogens is 2. The van der Waals surface area contributed by atoms with Gasteiger partial charge in [-0.15, -0.1) is 6.58 Å². The zero-order valence-electron chi connectivity index (χ0n) is 7.63. The van der Waals surface area contributed by atoms with E-state index in [4.69, 9.17) is 16.7 Å². The zero-order valence-corrected chi connectivity index (χ0v) is 10.5. The lowest BCUT2D eigenvalue weighted by atomic mass is 10.2. The van der Waals surface area contributed by atoms with Gasteiger partial charge >= 0.3 is 0 Å². The molecule has 0 aromatic carbocycles. The fourth-order valence-electron chi connectivity index (χ4n) is 1.13. The molecule has 1 aromatic heterocycles. The summed E-state index contributed by atoms with van der Waals surface area (Å²) in [7, 11) is 0. The van der Waals surface area contributed by atoms with Crippen molar-refractivity contribution in [1.82, 2.24) is 4.98 Å². The van der Waals surface area contributed by atoms with Crippen LogP contribution in [0, 0.1) is 3.57 Å². The molecule has 0 bridgehead atoms. The van der Waals surface area contributed by atoms with Crippen LogP contribution in [0.3, 0.4) is 0 Å². The fourth-order valence-corrected chi connectivity index (χ4v) is 2.41. The van der Waals surface area contributed by atoms with Gasteiger partial charge in [0.2, 0.25) is 0 Å². The molecule has 0 aliphatic carbocycles. The van der Waals surface area contributed by atoms with E-state index in [9.17, 15) is 0 Å². The highest BCUT2D eigenvalue weighted by Crippen LogP contribution is 2.22. The fraction of sp³-hybridized carbons (Fsp3) is 0.300. The van der Waals surface area contributed by atoms with E-state index < -0.39 is 0 Å². The molecule has 0 aliphatic heterocycles. The van der Waals surface area contributed by atoms with Gasteiger partial charge in [0.1, 0.15) is 5.15 Å².